The van der Waals surface area contributed by atoms with Gasteiger partial charge in [-0.15, -0.1) is 0 Å². The largest absolute Gasteiger partial charge is 0.338 e. The van der Waals surface area contributed by atoms with Crippen molar-refractivity contribution in [2.75, 3.05) is 45.6 Å². The first-order valence-corrected chi connectivity index (χ1v) is 11.0. The molecule has 3 rings (SSSR count). The monoisotopic (exact) mass is 420 g/mol. The van der Waals surface area contributed by atoms with Crippen LogP contribution >= 0.6 is 12.2 Å². The number of piperazine rings is 1. The molecule has 2 N–H and O–H groups in total. The van der Waals surface area contributed by atoms with Gasteiger partial charge in [0.1, 0.15) is 6.54 Å². The topological polar surface area (TPSA) is 70.0 Å². The van der Waals surface area contributed by atoms with Crippen molar-refractivity contribution in [3.05, 3.63) is 54.4 Å². The summed E-state index contributed by atoms with van der Waals surface area (Å²) in [6.45, 7) is 4.71. The van der Waals surface area contributed by atoms with E-state index in [0.29, 0.717) is 10.8 Å². The van der Waals surface area contributed by atoms with Gasteiger partial charge in [-0.25, -0.2) is 12.7 Å². The molecule has 1 aromatic carbocycles. The maximum Gasteiger partial charge on any atom is 0.242 e. The van der Waals surface area contributed by atoms with E-state index in [9.17, 15) is 8.42 Å². The summed E-state index contributed by atoms with van der Waals surface area (Å²) in [6.07, 6.45) is 3.66. The van der Waals surface area contributed by atoms with Gasteiger partial charge in [0, 0.05) is 37.7 Å². The van der Waals surface area contributed by atoms with Crippen LogP contribution in [-0.2, 0) is 16.6 Å². The van der Waals surface area contributed by atoms with Crippen molar-refractivity contribution in [1.29, 1.82) is 0 Å². The highest BCUT2D eigenvalue weighted by Gasteiger charge is 2.22. The standard InChI is InChI=1S/C19H25N5O2S2/c1-22(2)28(25,26)18-5-3-4-17(14-18)21-19(27)24-12-10-23(11-13-24)15-16-6-8-20-9-7-16/h3-9,14H,10-13,15H2,1-2H3,(H,21,27)/p+1. The number of anilines is 1. The van der Waals surface area contributed by atoms with Crippen LogP contribution in [0.4, 0.5) is 5.69 Å². The molecule has 0 bridgehead atoms. The number of pyridine rings is 1. The molecule has 2 heterocycles. The predicted octanol–water partition coefficient (Wildman–Crippen LogP) is 0.429. The third-order valence-electron chi connectivity index (χ3n) is 4.83. The zero-order chi connectivity index (χ0) is 20.1. The predicted molar refractivity (Wildman–Crippen MR) is 114 cm³/mol. The molecule has 2 aromatic rings. The molecule has 0 saturated carbocycles. The number of rotatable bonds is 5. The van der Waals surface area contributed by atoms with Crippen LogP contribution in [0.3, 0.4) is 0 Å². The lowest BCUT2D eigenvalue weighted by atomic mass is 10.2. The molecule has 0 unspecified atom stereocenters. The molecule has 150 valence electrons. The Morgan fingerprint density at radius 1 is 1.21 bits per heavy atom. The molecule has 1 saturated heterocycles. The number of aromatic nitrogens is 1. The lowest BCUT2D eigenvalue weighted by Crippen LogP contribution is -3.13. The number of thiocarbonyl (C=S) groups is 1. The van der Waals surface area contributed by atoms with Crippen molar-refractivity contribution in [3.8, 4) is 0 Å². The fourth-order valence-corrected chi connectivity index (χ4v) is 4.39. The summed E-state index contributed by atoms with van der Waals surface area (Å²) in [6, 6.07) is 10.9. The van der Waals surface area contributed by atoms with Gasteiger partial charge in [-0.2, -0.15) is 0 Å². The number of nitrogens with zero attached hydrogens (tertiary/aromatic N) is 3. The molecule has 0 radical (unpaired) electrons. The van der Waals surface area contributed by atoms with E-state index in [1.54, 1.807) is 18.2 Å². The molecule has 0 atom stereocenters. The van der Waals surface area contributed by atoms with E-state index in [0.717, 1.165) is 32.7 Å². The molecule has 1 aromatic heterocycles. The van der Waals surface area contributed by atoms with Crippen LogP contribution in [0, 0.1) is 0 Å². The third kappa shape index (κ3) is 5.05. The van der Waals surface area contributed by atoms with E-state index in [1.165, 1.54) is 28.9 Å². The fourth-order valence-electron chi connectivity index (χ4n) is 3.14. The number of quaternary nitrogens is 1. The molecule has 0 spiro atoms. The Labute approximate surface area is 172 Å². The van der Waals surface area contributed by atoms with Gasteiger partial charge in [-0.05, 0) is 42.5 Å². The maximum absolute atomic E-state index is 12.3. The van der Waals surface area contributed by atoms with Crippen molar-refractivity contribution in [2.45, 2.75) is 11.4 Å². The Hall–Kier alpha value is -2.07. The van der Waals surface area contributed by atoms with Gasteiger partial charge in [0.05, 0.1) is 31.1 Å². The van der Waals surface area contributed by atoms with Crippen LogP contribution < -0.4 is 10.2 Å². The molecule has 0 aliphatic carbocycles. The minimum atomic E-state index is -3.47. The zero-order valence-electron chi connectivity index (χ0n) is 16.1. The average Bonchev–Trinajstić information content (AvgIpc) is 2.69. The molecular weight excluding hydrogens is 394 g/mol. The molecule has 1 aliphatic heterocycles. The van der Waals surface area contributed by atoms with Gasteiger partial charge in [0.25, 0.3) is 0 Å². The van der Waals surface area contributed by atoms with Crippen molar-refractivity contribution in [1.82, 2.24) is 14.2 Å². The first-order valence-electron chi connectivity index (χ1n) is 9.17. The van der Waals surface area contributed by atoms with Crippen LogP contribution in [-0.4, -0.2) is 68.0 Å². The normalized spacial score (nSPS) is 15.6. The van der Waals surface area contributed by atoms with Crippen LogP contribution in [0.2, 0.25) is 0 Å². The van der Waals surface area contributed by atoms with Crippen molar-refractivity contribution < 1.29 is 13.3 Å². The van der Waals surface area contributed by atoms with E-state index < -0.39 is 10.0 Å². The van der Waals surface area contributed by atoms with Crippen molar-refractivity contribution >= 4 is 33.0 Å². The summed E-state index contributed by atoms with van der Waals surface area (Å²) in [5, 5.41) is 3.81. The number of benzene rings is 1. The van der Waals surface area contributed by atoms with E-state index in [1.807, 2.05) is 18.5 Å². The number of sulfonamides is 1. The Balaban J connectivity index is 1.56. The fraction of sp³-hybridized carbons (Fsp3) is 0.368. The third-order valence-corrected chi connectivity index (χ3v) is 7.00. The highest BCUT2D eigenvalue weighted by atomic mass is 32.2. The van der Waals surface area contributed by atoms with Gasteiger partial charge in [-0.1, -0.05) is 6.07 Å². The Morgan fingerprint density at radius 3 is 2.54 bits per heavy atom. The Morgan fingerprint density at radius 2 is 1.89 bits per heavy atom. The summed E-state index contributed by atoms with van der Waals surface area (Å²) >= 11 is 5.55. The van der Waals surface area contributed by atoms with Crippen LogP contribution in [0.25, 0.3) is 0 Å². The first-order chi connectivity index (χ1) is 13.4. The second-order valence-electron chi connectivity index (χ2n) is 7.01. The lowest BCUT2D eigenvalue weighted by molar-refractivity contribution is -0.917. The van der Waals surface area contributed by atoms with Crippen LogP contribution in [0.15, 0.2) is 53.7 Å². The minimum Gasteiger partial charge on any atom is -0.338 e. The Kier molecular flexibility index (Phi) is 6.61. The summed E-state index contributed by atoms with van der Waals surface area (Å²) in [4.78, 5) is 7.96. The van der Waals surface area contributed by atoms with E-state index in [4.69, 9.17) is 12.2 Å². The second-order valence-corrected chi connectivity index (χ2v) is 9.55. The van der Waals surface area contributed by atoms with Crippen LogP contribution in [0.5, 0.6) is 0 Å². The second kappa shape index (κ2) is 8.95. The summed E-state index contributed by atoms with van der Waals surface area (Å²) in [7, 11) is -0.425. The maximum atomic E-state index is 12.3. The van der Waals surface area contributed by atoms with E-state index in [2.05, 4.69) is 27.3 Å². The quantitative estimate of drug-likeness (QED) is 0.684. The smallest absolute Gasteiger partial charge is 0.242 e. The molecule has 1 fully saturated rings. The average molecular weight is 421 g/mol. The lowest BCUT2D eigenvalue weighted by Gasteiger charge is -2.34. The SMILES string of the molecule is CN(C)S(=O)(=O)c1cccc(NC(=S)N2CC[NH+](Cc3ccncc3)CC2)c1. The molecule has 7 nitrogen and oxygen atoms in total. The van der Waals surface area contributed by atoms with Crippen molar-refractivity contribution in [3.63, 3.8) is 0 Å². The highest BCUT2D eigenvalue weighted by molar-refractivity contribution is 7.89. The number of hydrogen-bond acceptors (Lipinski definition) is 4. The zero-order valence-corrected chi connectivity index (χ0v) is 17.8. The van der Waals surface area contributed by atoms with Gasteiger partial charge in [0.2, 0.25) is 10.0 Å². The first kappa shape index (κ1) is 20.7. The number of hydrogen-bond donors (Lipinski definition) is 2. The molecule has 1 aliphatic rings. The van der Waals surface area contributed by atoms with Gasteiger partial charge < -0.3 is 15.1 Å². The van der Waals surface area contributed by atoms with Gasteiger partial charge >= 0.3 is 0 Å². The summed E-state index contributed by atoms with van der Waals surface area (Å²) < 4.78 is 25.8. The summed E-state index contributed by atoms with van der Waals surface area (Å²) in [5.41, 5.74) is 1.97. The van der Waals surface area contributed by atoms with Gasteiger partial charge in [0.15, 0.2) is 5.11 Å². The van der Waals surface area contributed by atoms with Crippen molar-refractivity contribution in [2.24, 2.45) is 0 Å². The van der Waals surface area contributed by atoms with Crippen LogP contribution in [0.1, 0.15) is 5.56 Å². The van der Waals surface area contributed by atoms with Gasteiger partial charge in [-0.3, -0.25) is 4.98 Å². The summed E-state index contributed by atoms with van der Waals surface area (Å²) in [5.74, 6) is 0. The molecular formula is C19H26N5O2S2+. The van der Waals surface area contributed by atoms with E-state index in [-0.39, 0.29) is 4.90 Å². The highest BCUT2D eigenvalue weighted by Crippen LogP contribution is 2.18. The Bertz CT molecular complexity index is 911. The molecule has 28 heavy (non-hydrogen) atoms. The minimum absolute atomic E-state index is 0.247. The number of nitrogens with one attached hydrogen (secondary N) is 2. The molecule has 9 heteroatoms. The van der Waals surface area contributed by atoms with E-state index >= 15 is 0 Å². The molecule has 0 amide bonds.